The Balaban J connectivity index is 0.00000324. The van der Waals surface area contributed by atoms with Crippen LogP contribution in [0.4, 0.5) is 0 Å². The molecule has 0 saturated carbocycles. The van der Waals surface area contributed by atoms with E-state index < -0.39 is 5.41 Å². The number of rotatable bonds is 8. The first-order chi connectivity index (χ1) is 16.1. The second kappa shape index (κ2) is 12.5. The molecule has 4 rings (SSSR count). The van der Waals surface area contributed by atoms with Crippen molar-refractivity contribution in [3.63, 3.8) is 0 Å². The zero-order chi connectivity index (χ0) is 23.1. The smallest absolute Gasteiger partial charge is 0.316 e. The minimum atomic E-state index is -0.550. The number of hydrogen-bond acceptors (Lipinski definition) is 4. The Morgan fingerprint density at radius 3 is 2.35 bits per heavy atom. The number of hydrogen-bond donors (Lipinski definition) is 0. The van der Waals surface area contributed by atoms with E-state index >= 15 is 0 Å². The van der Waals surface area contributed by atoms with Gasteiger partial charge in [-0.2, -0.15) is 0 Å². The molecule has 0 aromatic heterocycles. The van der Waals surface area contributed by atoms with E-state index in [0.717, 1.165) is 62.9 Å². The number of nitrogens with zero attached hydrogens (tertiary/aromatic N) is 1. The first-order valence-electron chi connectivity index (χ1n) is 12.7. The van der Waals surface area contributed by atoms with Gasteiger partial charge in [0.1, 0.15) is 0 Å². The molecule has 5 heteroatoms. The summed E-state index contributed by atoms with van der Waals surface area (Å²) in [5.41, 5.74) is 4.19. The predicted octanol–water partition coefficient (Wildman–Crippen LogP) is 5.94. The molecule has 4 nitrogen and oxygen atoms in total. The Bertz CT molecular complexity index is 951. The molecule has 0 amide bonds. The standard InChI is InChI=1S/C29H37NO3.ClH/c1-2-33-28(32)29(26-12-7-4-8-13-26)17-20-30(21-18-29)19-9-14-27(31)25-16-15-23-10-5-3-6-11-24(23)22-25;/h4,7-8,12-13,15-16,22H,2-3,5-6,9-11,14,17-21H2,1H3;1H. The van der Waals surface area contributed by atoms with Crippen LogP contribution in [0.5, 0.6) is 0 Å². The second-order valence-corrected chi connectivity index (χ2v) is 9.58. The lowest BCUT2D eigenvalue weighted by molar-refractivity contribution is -0.152. The lowest BCUT2D eigenvalue weighted by atomic mass is 9.72. The summed E-state index contributed by atoms with van der Waals surface area (Å²) >= 11 is 0. The van der Waals surface area contributed by atoms with Crippen LogP contribution >= 0.6 is 12.4 Å². The molecule has 1 heterocycles. The molecule has 34 heavy (non-hydrogen) atoms. The molecule has 1 fully saturated rings. The van der Waals surface area contributed by atoms with Gasteiger partial charge in [-0.15, -0.1) is 12.4 Å². The van der Waals surface area contributed by atoms with E-state index in [1.54, 1.807) is 0 Å². The molecule has 1 aliphatic heterocycles. The second-order valence-electron chi connectivity index (χ2n) is 9.58. The lowest BCUT2D eigenvalue weighted by Crippen LogP contribution is -2.48. The quantitative estimate of drug-likeness (QED) is 0.265. The fraction of sp³-hybridized carbons (Fsp3) is 0.517. The van der Waals surface area contributed by atoms with Crippen LogP contribution in [0.2, 0.25) is 0 Å². The van der Waals surface area contributed by atoms with Gasteiger partial charge in [0.2, 0.25) is 0 Å². The van der Waals surface area contributed by atoms with Crippen LogP contribution < -0.4 is 0 Å². The van der Waals surface area contributed by atoms with E-state index in [2.05, 4.69) is 17.0 Å². The van der Waals surface area contributed by atoms with Gasteiger partial charge in [0.25, 0.3) is 0 Å². The van der Waals surface area contributed by atoms with Crippen molar-refractivity contribution in [3.05, 3.63) is 70.8 Å². The minimum absolute atomic E-state index is 0. The summed E-state index contributed by atoms with van der Waals surface area (Å²) in [5.74, 6) is 0.151. The molecule has 0 unspecified atom stereocenters. The monoisotopic (exact) mass is 483 g/mol. The van der Waals surface area contributed by atoms with Crippen LogP contribution in [-0.2, 0) is 27.8 Å². The number of ketones is 1. The van der Waals surface area contributed by atoms with Gasteiger partial charge in [-0.3, -0.25) is 9.59 Å². The minimum Gasteiger partial charge on any atom is -0.465 e. The van der Waals surface area contributed by atoms with Crippen molar-refractivity contribution in [2.24, 2.45) is 0 Å². The third-order valence-electron chi connectivity index (χ3n) is 7.50. The number of carbonyl (C=O) groups is 2. The average Bonchev–Trinajstić information content (AvgIpc) is 3.10. The van der Waals surface area contributed by atoms with Gasteiger partial charge < -0.3 is 9.64 Å². The molecule has 0 atom stereocenters. The number of halogens is 1. The highest BCUT2D eigenvalue weighted by Crippen LogP contribution is 2.37. The molecule has 0 spiro atoms. The van der Waals surface area contributed by atoms with Crippen molar-refractivity contribution in [2.75, 3.05) is 26.2 Å². The van der Waals surface area contributed by atoms with E-state index in [1.165, 1.54) is 30.4 Å². The maximum atomic E-state index is 12.9. The number of likely N-dealkylation sites (tertiary alicyclic amines) is 1. The van der Waals surface area contributed by atoms with Crippen LogP contribution in [0.1, 0.15) is 78.9 Å². The van der Waals surface area contributed by atoms with Gasteiger partial charge in [-0.1, -0.05) is 48.9 Å². The summed E-state index contributed by atoms with van der Waals surface area (Å²) in [7, 11) is 0. The first kappa shape index (κ1) is 26.4. The maximum Gasteiger partial charge on any atom is 0.316 e. The fourth-order valence-electron chi connectivity index (χ4n) is 5.49. The van der Waals surface area contributed by atoms with E-state index in [1.807, 2.05) is 43.3 Å². The third kappa shape index (κ3) is 6.09. The van der Waals surface area contributed by atoms with Crippen LogP contribution in [0, 0.1) is 0 Å². The summed E-state index contributed by atoms with van der Waals surface area (Å²) in [6.45, 7) is 4.86. The molecule has 2 aromatic rings. The number of piperidine rings is 1. The summed E-state index contributed by atoms with van der Waals surface area (Å²) < 4.78 is 5.48. The van der Waals surface area contributed by atoms with Crippen molar-refractivity contribution < 1.29 is 14.3 Å². The highest BCUT2D eigenvalue weighted by Gasteiger charge is 2.44. The highest BCUT2D eigenvalue weighted by molar-refractivity contribution is 5.96. The Labute approximate surface area is 210 Å². The number of carbonyl (C=O) groups excluding carboxylic acids is 2. The Hall–Kier alpha value is -2.17. The normalized spacial score (nSPS) is 17.7. The van der Waals surface area contributed by atoms with Crippen molar-refractivity contribution in [3.8, 4) is 0 Å². The van der Waals surface area contributed by atoms with Crippen molar-refractivity contribution in [1.82, 2.24) is 4.90 Å². The van der Waals surface area contributed by atoms with Crippen molar-refractivity contribution in [1.29, 1.82) is 0 Å². The molecule has 0 N–H and O–H groups in total. The molecule has 0 bridgehead atoms. The van der Waals surface area contributed by atoms with Crippen LogP contribution in [0.25, 0.3) is 0 Å². The molecule has 1 saturated heterocycles. The number of Topliss-reactive ketones (excluding diaryl/α,β-unsaturated/α-hetero) is 1. The fourth-order valence-corrected chi connectivity index (χ4v) is 5.49. The summed E-state index contributed by atoms with van der Waals surface area (Å²) in [6, 6.07) is 16.4. The molecule has 2 aromatic carbocycles. The molecule has 2 aliphatic rings. The number of benzene rings is 2. The topological polar surface area (TPSA) is 46.6 Å². The van der Waals surface area contributed by atoms with Gasteiger partial charge in [0.05, 0.1) is 12.0 Å². The zero-order valence-corrected chi connectivity index (χ0v) is 21.2. The summed E-state index contributed by atoms with van der Waals surface area (Å²) in [6.07, 6.45) is 8.99. The molecular formula is C29H38ClNO3. The van der Waals surface area contributed by atoms with Gasteiger partial charge in [-0.25, -0.2) is 0 Å². The third-order valence-corrected chi connectivity index (χ3v) is 7.50. The van der Waals surface area contributed by atoms with E-state index in [-0.39, 0.29) is 24.2 Å². The van der Waals surface area contributed by atoms with Gasteiger partial charge in [-0.05, 0) is 94.3 Å². The highest BCUT2D eigenvalue weighted by atomic mass is 35.5. The van der Waals surface area contributed by atoms with Gasteiger partial charge in [0.15, 0.2) is 5.78 Å². The molecule has 1 aliphatic carbocycles. The van der Waals surface area contributed by atoms with E-state index in [0.29, 0.717) is 13.0 Å². The Kier molecular flexibility index (Phi) is 9.73. The summed E-state index contributed by atoms with van der Waals surface area (Å²) in [5, 5.41) is 0. The SMILES string of the molecule is CCOC(=O)C1(c2ccccc2)CCN(CCCC(=O)c2ccc3c(c2)CCCCC3)CC1.Cl. The summed E-state index contributed by atoms with van der Waals surface area (Å²) in [4.78, 5) is 28.1. The van der Waals surface area contributed by atoms with E-state index in [4.69, 9.17) is 4.74 Å². The first-order valence-corrected chi connectivity index (χ1v) is 12.7. The van der Waals surface area contributed by atoms with Crippen LogP contribution in [0.15, 0.2) is 48.5 Å². The molecule has 184 valence electrons. The number of esters is 1. The molecular weight excluding hydrogens is 446 g/mol. The van der Waals surface area contributed by atoms with Crippen molar-refractivity contribution in [2.45, 2.75) is 70.1 Å². The molecule has 0 radical (unpaired) electrons. The van der Waals surface area contributed by atoms with Crippen molar-refractivity contribution >= 4 is 24.2 Å². The Morgan fingerprint density at radius 2 is 1.65 bits per heavy atom. The Morgan fingerprint density at radius 1 is 0.941 bits per heavy atom. The van der Waals surface area contributed by atoms with Gasteiger partial charge in [0, 0.05) is 12.0 Å². The maximum absolute atomic E-state index is 12.9. The predicted molar refractivity (Wildman–Crippen MR) is 139 cm³/mol. The number of fused-ring (bicyclic) bond motifs is 1. The zero-order valence-electron chi connectivity index (χ0n) is 20.4. The van der Waals surface area contributed by atoms with E-state index in [9.17, 15) is 9.59 Å². The van der Waals surface area contributed by atoms with Gasteiger partial charge >= 0.3 is 5.97 Å². The largest absolute Gasteiger partial charge is 0.465 e. The number of aryl methyl sites for hydroxylation is 2. The van der Waals surface area contributed by atoms with Crippen LogP contribution in [-0.4, -0.2) is 42.9 Å². The van der Waals surface area contributed by atoms with Crippen LogP contribution in [0.3, 0.4) is 0 Å². The average molecular weight is 484 g/mol. The lowest BCUT2D eigenvalue weighted by Gasteiger charge is -2.40. The number of ether oxygens (including phenoxy) is 1.